The minimum atomic E-state index is -3.64. The number of hydrogen-bond acceptors (Lipinski definition) is 4. The molecule has 1 unspecified atom stereocenters. The van der Waals surface area contributed by atoms with E-state index in [1.807, 2.05) is 12.1 Å². The molecule has 134 valence electrons. The maximum absolute atomic E-state index is 13.2. The molecule has 2 aromatic rings. The summed E-state index contributed by atoms with van der Waals surface area (Å²) in [7, 11) is -0.635. The van der Waals surface area contributed by atoms with Gasteiger partial charge in [0.1, 0.15) is 0 Å². The molecule has 1 aliphatic rings. The van der Waals surface area contributed by atoms with Crippen molar-refractivity contribution >= 4 is 21.6 Å². The average Bonchev–Trinajstić information content (AvgIpc) is 3.12. The third-order valence-corrected chi connectivity index (χ3v) is 6.58. The molecule has 5 nitrogen and oxygen atoms in total. The quantitative estimate of drug-likeness (QED) is 0.788. The van der Waals surface area contributed by atoms with E-state index < -0.39 is 10.0 Å². The summed E-state index contributed by atoms with van der Waals surface area (Å²) in [6.07, 6.45) is 1.61. The second-order valence-electron chi connectivity index (χ2n) is 5.84. The van der Waals surface area contributed by atoms with Crippen molar-refractivity contribution in [3.8, 4) is 11.5 Å². The summed E-state index contributed by atoms with van der Waals surface area (Å²) in [5.74, 6) is 0.892. The van der Waals surface area contributed by atoms with Crippen molar-refractivity contribution in [2.24, 2.45) is 0 Å². The lowest BCUT2D eigenvalue weighted by atomic mass is 10.1. The normalized spacial score (nSPS) is 18.3. The molecule has 0 radical (unpaired) electrons. The van der Waals surface area contributed by atoms with Crippen LogP contribution in [0.2, 0.25) is 5.02 Å². The van der Waals surface area contributed by atoms with Gasteiger partial charge in [-0.2, -0.15) is 4.31 Å². The van der Waals surface area contributed by atoms with Crippen LogP contribution < -0.4 is 9.47 Å². The van der Waals surface area contributed by atoms with Gasteiger partial charge in [-0.15, -0.1) is 0 Å². The smallest absolute Gasteiger partial charge is 0.243 e. The molecule has 0 amide bonds. The van der Waals surface area contributed by atoms with E-state index in [4.69, 9.17) is 21.1 Å². The maximum Gasteiger partial charge on any atom is 0.243 e. The molecule has 1 fully saturated rings. The van der Waals surface area contributed by atoms with Crippen LogP contribution in [0.1, 0.15) is 24.4 Å². The number of nitrogens with zero attached hydrogens (tertiary/aromatic N) is 1. The van der Waals surface area contributed by atoms with Gasteiger partial charge >= 0.3 is 0 Å². The van der Waals surface area contributed by atoms with Crippen molar-refractivity contribution in [3.63, 3.8) is 0 Å². The molecular formula is C18H20ClNO4S. The Balaban J connectivity index is 1.97. The first-order chi connectivity index (χ1) is 12.0. The molecule has 0 aromatic heterocycles. The first-order valence-electron chi connectivity index (χ1n) is 7.96. The number of methoxy groups -OCH3 is 2. The molecule has 1 aliphatic heterocycles. The van der Waals surface area contributed by atoms with Gasteiger partial charge in [0.25, 0.3) is 0 Å². The average molecular weight is 382 g/mol. The van der Waals surface area contributed by atoms with E-state index >= 15 is 0 Å². The highest BCUT2D eigenvalue weighted by Gasteiger charge is 2.36. The minimum Gasteiger partial charge on any atom is -0.493 e. The zero-order valence-corrected chi connectivity index (χ0v) is 15.7. The summed E-state index contributed by atoms with van der Waals surface area (Å²) in [5.41, 5.74) is 0.950. The predicted molar refractivity (Wildman–Crippen MR) is 96.9 cm³/mol. The largest absolute Gasteiger partial charge is 0.493 e. The van der Waals surface area contributed by atoms with Gasteiger partial charge in [-0.1, -0.05) is 23.7 Å². The number of halogens is 1. The van der Waals surface area contributed by atoms with Crippen molar-refractivity contribution in [1.29, 1.82) is 0 Å². The molecule has 0 saturated carbocycles. The van der Waals surface area contributed by atoms with Gasteiger partial charge in [0, 0.05) is 17.6 Å². The van der Waals surface area contributed by atoms with Crippen LogP contribution in [-0.4, -0.2) is 33.5 Å². The van der Waals surface area contributed by atoms with E-state index in [-0.39, 0.29) is 10.9 Å². The van der Waals surface area contributed by atoms with Crippen molar-refractivity contribution in [2.45, 2.75) is 23.8 Å². The first-order valence-corrected chi connectivity index (χ1v) is 9.78. The Morgan fingerprint density at radius 1 is 1.04 bits per heavy atom. The Bertz CT molecular complexity index is 852. The van der Waals surface area contributed by atoms with Crippen LogP contribution in [0.5, 0.6) is 11.5 Å². The summed E-state index contributed by atoms with van der Waals surface area (Å²) in [4.78, 5) is 0.200. The Morgan fingerprint density at radius 2 is 1.72 bits per heavy atom. The lowest BCUT2D eigenvalue weighted by Gasteiger charge is -2.25. The lowest BCUT2D eigenvalue weighted by Crippen LogP contribution is -2.30. The van der Waals surface area contributed by atoms with Gasteiger partial charge in [0.15, 0.2) is 11.5 Å². The molecule has 0 aliphatic carbocycles. The topological polar surface area (TPSA) is 55.8 Å². The highest BCUT2D eigenvalue weighted by atomic mass is 35.5. The molecule has 3 rings (SSSR count). The molecule has 2 aromatic carbocycles. The van der Waals surface area contributed by atoms with Crippen LogP contribution in [-0.2, 0) is 10.0 Å². The zero-order chi connectivity index (χ0) is 18.0. The number of hydrogen-bond donors (Lipinski definition) is 0. The second kappa shape index (κ2) is 7.23. The third-order valence-electron chi connectivity index (χ3n) is 4.42. The number of ether oxygens (including phenoxy) is 2. The molecule has 25 heavy (non-hydrogen) atoms. The predicted octanol–water partition coefficient (Wildman–Crippen LogP) is 3.88. The van der Waals surface area contributed by atoms with Crippen LogP contribution in [0.15, 0.2) is 47.4 Å². The van der Waals surface area contributed by atoms with Crippen LogP contribution >= 0.6 is 11.6 Å². The molecule has 0 bridgehead atoms. The summed E-state index contributed by atoms with van der Waals surface area (Å²) in [5, 5.41) is 0.635. The molecular weight excluding hydrogens is 362 g/mol. The van der Waals surface area contributed by atoms with Crippen LogP contribution in [0.3, 0.4) is 0 Å². The number of sulfonamides is 1. The fraction of sp³-hybridized carbons (Fsp3) is 0.333. The molecule has 1 saturated heterocycles. The summed E-state index contributed by atoms with van der Waals surface area (Å²) in [6.45, 7) is 0.490. The van der Waals surface area contributed by atoms with E-state index in [1.165, 1.54) is 20.3 Å². The molecule has 7 heteroatoms. The van der Waals surface area contributed by atoms with E-state index in [9.17, 15) is 8.42 Å². The first kappa shape index (κ1) is 18.0. The van der Waals surface area contributed by atoms with Crippen LogP contribution in [0.25, 0.3) is 0 Å². The summed E-state index contributed by atoms with van der Waals surface area (Å²) >= 11 is 5.94. The Hall–Kier alpha value is -1.76. The van der Waals surface area contributed by atoms with Gasteiger partial charge < -0.3 is 9.47 Å². The van der Waals surface area contributed by atoms with Crippen molar-refractivity contribution in [2.75, 3.05) is 20.8 Å². The van der Waals surface area contributed by atoms with E-state index in [0.717, 1.165) is 18.4 Å². The molecule has 1 heterocycles. The number of rotatable bonds is 5. The Morgan fingerprint density at radius 3 is 2.36 bits per heavy atom. The molecule has 1 atom stereocenters. The van der Waals surface area contributed by atoms with Crippen molar-refractivity contribution < 1.29 is 17.9 Å². The fourth-order valence-corrected chi connectivity index (χ4v) is 4.98. The van der Waals surface area contributed by atoms with Crippen molar-refractivity contribution in [3.05, 3.63) is 53.1 Å². The lowest BCUT2D eigenvalue weighted by molar-refractivity contribution is 0.353. The highest BCUT2D eigenvalue weighted by molar-refractivity contribution is 7.89. The van der Waals surface area contributed by atoms with E-state index in [0.29, 0.717) is 23.1 Å². The zero-order valence-electron chi connectivity index (χ0n) is 14.1. The third kappa shape index (κ3) is 3.47. The fourth-order valence-electron chi connectivity index (χ4n) is 3.16. The van der Waals surface area contributed by atoms with E-state index in [1.54, 1.807) is 28.6 Å². The molecule has 0 N–H and O–H groups in total. The maximum atomic E-state index is 13.2. The summed E-state index contributed by atoms with van der Waals surface area (Å²) < 4.78 is 38.3. The Kier molecular flexibility index (Phi) is 5.22. The molecule has 0 spiro atoms. The standard InChI is InChI=1S/C18H20ClNO4S/c1-23-17-10-9-15(12-18(17)24-2)25(21,22)20-11-3-4-16(20)13-5-7-14(19)8-6-13/h5-10,12,16H,3-4,11H2,1-2H3. The highest BCUT2D eigenvalue weighted by Crippen LogP contribution is 2.38. The van der Waals surface area contributed by atoms with Crippen molar-refractivity contribution in [1.82, 2.24) is 4.31 Å². The van der Waals surface area contributed by atoms with Gasteiger partial charge in [0.2, 0.25) is 10.0 Å². The van der Waals surface area contributed by atoms with Gasteiger partial charge in [-0.3, -0.25) is 0 Å². The van der Waals surface area contributed by atoms with Gasteiger partial charge in [-0.25, -0.2) is 8.42 Å². The monoisotopic (exact) mass is 381 g/mol. The SMILES string of the molecule is COc1ccc(S(=O)(=O)N2CCCC2c2ccc(Cl)cc2)cc1OC. The minimum absolute atomic E-state index is 0.185. The Labute approximate surface area is 153 Å². The van der Waals surface area contributed by atoms with Crippen LogP contribution in [0.4, 0.5) is 0 Å². The second-order valence-corrected chi connectivity index (χ2v) is 8.17. The van der Waals surface area contributed by atoms with Gasteiger partial charge in [-0.05, 0) is 42.7 Å². The summed E-state index contributed by atoms with van der Waals surface area (Å²) in [6, 6.07) is 11.8. The van der Waals surface area contributed by atoms with Gasteiger partial charge in [0.05, 0.1) is 25.2 Å². The van der Waals surface area contributed by atoms with E-state index in [2.05, 4.69) is 0 Å². The number of benzene rings is 2. The van der Waals surface area contributed by atoms with Crippen LogP contribution in [0, 0.1) is 0 Å².